The Hall–Kier alpha value is -0.860. The summed E-state index contributed by atoms with van der Waals surface area (Å²) in [6.07, 6.45) is 13.6. The smallest absolute Gasteiger partial charge is 0.0630 e. The Balaban J connectivity index is 1.81. The van der Waals surface area contributed by atoms with Crippen LogP contribution in [0.4, 0.5) is 0 Å². The van der Waals surface area contributed by atoms with Gasteiger partial charge in [-0.1, -0.05) is 36.8 Å². The van der Waals surface area contributed by atoms with Crippen molar-refractivity contribution in [2.24, 2.45) is 11.3 Å². The van der Waals surface area contributed by atoms with E-state index in [4.69, 9.17) is 4.74 Å². The van der Waals surface area contributed by atoms with Crippen molar-refractivity contribution in [1.29, 1.82) is 0 Å². The minimum atomic E-state index is -0.184. The average Bonchev–Trinajstić information content (AvgIpc) is 2.85. The van der Waals surface area contributed by atoms with Crippen molar-refractivity contribution >= 4 is 0 Å². The molecule has 3 saturated carbocycles. The number of methoxy groups -OCH3 is 1. The third kappa shape index (κ3) is 2.83. The molecule has 0 spiro atoms. The Labute approximate surface area is 134 Å². The second kappa shape index (κ2) is 6.33. The van der Waals surface area contributed by atoms with E-state index in [9.17, 15) is 5.11 Å². The highest BCUT2D eigenvalue weighted by molar-refractivity contribution is 5.36. The molecule has 1 N–H and O–H groups in total. The maximum Gasteiger partial charge on any atom is 0.0630 e. The summed E-state index contributed by atoms with van der Waals surface area (Å²) in [5.41, 5.74) is 4.37. The van der Waals surface area contributed by atoms with Crippen LogP contribution in [0.2, 0.25) is 0 Å². The van der Waals surface area contributed by atoms with E-state index < -0.39 is 0 Å². The molecule has 3 rings (SSSR count). The molecule has 0 radical (unpaired) electrons. The van der Waals surface area contributed by atoms with Gasteiger partial charge in [-0.15, -0.1) is 0 Å². The van der Waals surface area contributed by atoms with Crippen LogP contribution in [0.25, 0.3) is 0 Å². The summed E-state index contributed by atoms with van der Waals surface area (Å²) >= 11 is 0. The maximum absolute atomic E-state index is 9.87. The molecule has 0 amide bonds. The standard InChI is InChI=1S/C20H30O2/c1-14-6-9-17(21)13-16(14)8-7-15-5-4-12-20(2)18(15)10-11-19(20)22-3/h7-8,17-19,21H,1,4-6,9-13H2,2-3H3/b15-7+,16-8-/t17-,18?,19?,20+/m1/s1. The van der Waals surface area contributed by atoms with Crippen molar-refractivity contribution in [3.8, 4) is 0 Å². The van der Waals surface area contributed by atoms with Gasteiger partial charge in [-0.2, -0.15) is 0 Å². The third-order valence-corrected chi connectivity index (χ3v) is 6.35. The molecule has 22 heavy (non-hydrogen) atoms. The Morgan fingerprint density at radius 3 is 2.82 bits per heavy atom. The molecule has 3 fully saturated rings. The Morgan fingerprint density at radius 1 is 1.23 bits per heavy atom. The molecular weight excluding hydrogens is 272 g/mol. The van der Waals surface area contributed by atoms with E-state index in [0.29, 0.717) is 17.4 Å². The summed E-state index contributed by atoms with van der Waals surface area (Å²) in [5.74, 6) is 0.671. The number of hydrogen-bond donors (Lipinski definition) is 1. The molecule has 0 heterocycles. The van der Waals surface area contributed by atoms with E-state index >= 15 is 0 Å². The minimum absolute atomic E-state index is 0.184. The van der Waals surface area contributed by atoms with Gasteiger partial charge >= 0.3 is 0 Å². The molecule has 3 aliphatic rings. The molecule has 2 unspecified atom stereocenters. The largest absolute Gasteiger partial charge is 0.393 e. The molecule has 0 saturated heterocycles. The van der Waals surface area contributed by atoms with E-state index in [1.807, 2.05) is 7.11 Å². The summed E-state index contributed by atoms with van der Waals surface area (Å²) < 4.78 is 5.77. The van der Waals surface area contributed by atoms with Crippen LogP contribution < -0.4 is 0 Å². The van der Waals surface area contributed by atoms with Gasteiger partial charge in [0, 0.05) is 12.5 Å². The lowest BCUT2D eigenvalue weighted by Gasteiger charge is -2.41. The van der Waals surface area contributed by atoms with Crippen molar-refractivity contribution in [1.82, 2.24) is 0 Å². The molecule has 2 heteroatoms. The van der Waals surface area contributed by atoms with E-state index in [2.05, 4.69) is 25.7 Å². The lowest BCUT2D eigenvalue weighted by Crippen LogP contribution is -2.37. The quantitative estimate of drug-likeness (QED) is 0.810. The SMILES string of the molecule is C=C1CC[C@@H](O)C/C1=C/C=C1\CCC[C@]2(C)C(OC)CCC12. The summed E-state index contributed by atoms with van der Waals surface area (Å²) in [7, 11) is 1.87. The highest BCUT2D eigenvalue weighted by Crippen LogP contribution is 2.55. The average molecular weight is 302 g/mol. The van der Waals surface area contributed by atoms with Gasteiger partial charge in [-0.3, -0.25) is 0 Å². The summed E-state index contributed by atoms with van der Waals surface area (Å²) in [6, 6.07) is 0. The second-order valence-electron chi connectivity index (χ2n) is 7.65. The molecule has 3 aliphatic carbocycles. The lowest BCUT2D eigenvalue weighted by atomic mass is 9.66. The van der Waals surface area contributed by atoms with Crippen molar-refractivity contribution in [2.45, 2.75) is 70.5 Å². The van der Waals surface area contributed by atoms with Crippen LogP contribution in [-0.2, 0) is 4.74 Å². The maximum atomic E-state index is 9.87. The van der Waals surface area contributed by atoms with Crippen molar-refractivity contribution in [3.05, 3.63) is 35.5 Å². The van der Waals surface area contributed by atoms with E-state index in [1.165, 1.54) is 43.3 Å². The van der Waals surface area contributed by atoms with Crippen LogP contribution in [0.5, 0.6) is 0 Å². The fourth-order valence-electron chi connectivity index (χ4n) is 4.98. The first-order valence-electron chi connectivity index (χ1n) is 8.83. The van der Waals surface area contributed by atoms with Gasteiger partial charge < -0.3 is 9.84 Å². The Morgan fingerprint density at radius 2 is 2.05 bits per heavy atom. The topological polar surface area (TPSA) is 29.5 Å². The summed E-state index contributed by atoms with van der Waals surface area (Å²) in [6.45, 7) is 6.59. The number of fused-ring (bicyclic) bond motifs is 1. The van der Waals surface area contributed by atoms with Gasteiger partial charge in [0.2, 0.25) is 0 Å². The number of allylic oxidation sites excluding steroid dienone is 4. The number of aliphatic hydroxyl groups is 1. The Bertz CT molecular complexity index is 502. The molecule has 0 aromatic carbocycles. The first kappa shape index (κ1) is 16.0. The molecular formula is C20H30O2. The molecule has 122 valence electrons. The van der Waals surface area contributed by atoms with Gasteiger partial charge in [0.25, 0.3) is 0 Å². The number of ether oxygens (including phenoxy) is 1. The number of aliphatic hydroxyl groups excluding tert-OH is 1. The van der Waals surface area contributed by atoms with E-state index in [-0.39, 0.29) is 6.10 Å². The third-order valence-electron chi connectivity index (χ3n) is 6.35. The van der Waals surface area contributed by atoms with Crippen LogP contribution in [-0.4, -0.2) is 24.4 Å². The first-order chi connectivity index (χ1) is 10.5. The molecule has 0 aromatic heterocycles. The van der Waals surface area contributed by atoms with Gasteiger partial charge in [0.05, 0.1) is 12.2 Å². The van der Waals surface area contributed by atoms with Crippen LogP contribution >= 0.6 is 0 Å². The second-order valence-corrected chi connectivity index (χ2v) is 7.65. The fraction of sp³-hybridized carbons (Fsp3) is 0.700. The Kier molecular flexibility index (Phi) is 4.61. The number of hydrogen-bond acceptors (Lipinski definition) is 2. The number of rotatable bonds is 2. The summed E-state index contributed by atoms with van der Waals surface area (Å²) in [5, 5.41) is 9.87. The fourth-order valence-corrected chi connectivity index (χ4v) is 4.98. The monoisotopic (exact) mass is 302 g/mol. The normalized spacial score (nSPS) is 42.9. The molecule has 0 aliphatic heterocycles. The zero-order chi connectivity index (χ0) is 15.7. The first-order valence-corrected chi connectivity index (χ1v) is 8.83. The zero-order valence-corrected chi connectivity index (χ0v) is 14.1. The zero-order valence-electron chi connectivity index (χ0n) is 14.1. The van der Waals surface area contributed by atoms with Gasteiger partial charge in [0.15, 0.2) is 0 Å². The minimum Gasteiger partial charge on any atom is -0.393 e. The van der Waals surface area contributed by atoms with Crippen LogP contribution in [0.15, 0.2) is 35.5 Å². The van der Waals surface area contributed by atoms with Gasteiger partial charge in [-0.05, 0) is 62.9 Å². The lowest BCUT2D eigenvalue weighted by molar-refractivity contribution is -0.00562. The predicted octanol–water partition coefficient (Wildman–Crippen LogP) is 4.56. The molecule has 2 nitrogen and oxygen atoms in total. The van der Waals surface area contributed by atoms with Crippen molar-refractivity contribution < 1.29 is 9.84 Å². The van der Waals surface area contributed by atoms with Gasteiger partial charge in [0.1, 0.15) is 0 Å². The van der Waals surface area contributed by atoms with Crippen molar-refractivity contribution in [2.75, 3.05) is 7.11 Å². The molecule has 0 aromatic rings. The van der Waals surface area contributed by atoms with E-state index in [0.717, 1.165) is 19.3 Å². The van der Waals surface area contributed by atoms with Crippen LogP contribution in [0.1, 0.15) is 58.3 Å². The van der Waals surface area contributed by atoms with Gasteiger partial charge in [-0.25, -0.2) is 0 Å². The molecule has 0 bridgehead atoms. The highest BCUT2D eigenvalue weighted by Gasteiger charge is 2.49. The molecule has 4 atom stereocenters. The summed E-state index contributed by atoms with van der Waals surface area (Å²) in [4.78, 5) is 0. The van der Waals surface area contributed by atoms with Crippen LogP contribution in [0.3, 0.4) is 0 Å². The van der Waals surface area contributed by atoms with E-state index in [1.54, 1.807) is 5.57 Å². The van der Waals surface area contributed by atoms with Crippen LogP contribution in [0, 0.1) is 11.3 Å². The highest BCUT2D eigenvalue weighted by atomic mass is 16.5. The van der Waals surface area contributed by atoms with Crippen molar-refractivity contribution in [3.63, 3.8) is 0 Å². The predicted molar refractivity (Wildman–Crippen MR) is 90.6 cm³/mol.